The van der Waals surface area contributed by atoms with Gasteiger partial charge in [-0.05, 0) is 30.7 Å². The lowest BCUT2D eigenvalue weighted by molar-refractivity contribution is 0.317. The minimum atomic E-state index is 0.609. The van der Waals surface area contributed by atoms with E-state index in [4.69, 9.17) is 10.6 Å². The normalized spacial score (nSPS) is 11.2. The van der Waals surface area contributed by atoms with Gasteiger partial charge in [-0.3, -0.25) is 0 Å². The van der Waals surface area contributed by atoms with Crippen LogP contribution in [-0.4, -0.2) is 12.4 Å². The van der Waals surface area contributed by atoms with Crippen molar-refractivity contribution in [2.45, 2.75) is 13.3 Å². The van der Waals surface area contributed by atoms with E-state index < -0.39 is 0 Å². The molecule has 0 heterocycles. The van der Waals surface area contributed by atoms with Crippen LogP contribution >= 0.6 is 0 Å². The van der Waals surface area contributed by atoms with Gasteiger partial charge in [-0.1, -0.05) is 37.3 Å². The molecule has 0 fully saturated rings. The third-order valence-corrected chi connectivity index (χ3v) is 2.71. The summed E-state index contributed by atoms with van der Waals surface area (Å²) >= 11 is 0. The molecule has 0 aliphatic rings. The zero-order valence-corrected chi connectivity index (χ0v) is 11.5. The van der Waals surface area contributed by atoms with Crippen molar-refractivity contribution in [2.24, 2.45) is 10.8 Å². The molecule has 0 amide bonds. The lowest BCUT2D eigenvalue weighted by atomic mass is 10.2. The van der Waals surface area contributed by atoms with Gasteiger partial charge in [0, 0.05) is 5.56 Å². The van der Waals surface area contributed by atoms with Crippen LogP contribution in [0.15, 0.2) is 59.6 Å². The molecule has 104 valence electrons. The van der Waals surface area contributed by atoms with Crippen LogP contribution in [0.5, 0.6) is 5.75 Å². The van der Waals surface area contributed by atoms with Crippen molar-refractivity contribution >= 4 is 11.5 Å². The zero-order valence-electron chi connectivity index (χ0n) is 11.5. The van der Waals surface area contributed by atoms with E-state index in [1.54, 1.807) is 0 Å². The number of rotatable bonds is 5. The molecule has 4 nitrogen and oxygen atoms in total. The Balaban J connectivity index is 2.25. The number of amidine groups is 1. The zero-order chi connectivity index (χ0) is 14.2. The molecule has 2 aromatic rings. The van der Waals surface area contributed by atoms with E-state index in [-0.39, 0.29) is 0 Å². The van der Waals surface area contributed by atoms with Gasteiger partial charge in [0.1, 0.15) is 11.6 Å². The summed E-state index contributed by atoms with van der Waals surface area (Å²) in [4.78, 5) is 4.49. The third-order valence-electron chi connectivity index (χ3n) is 2.71. The lowest BCUT2D eigenvalue weighted by Crippen LogP contribution is -2.30. The molecule has 20 heavy (non-hydrogen) atoms. The Kier molecular flexibility index (Phi) is 5.15. The first-order valence-corrected chi connectivity index (χ1v) is 6.67. The lowest BCUT2D eigenvalue weighted by Gasteiger charge is -2.09. The van der Waals surface area contributed by atoms with Crippen molar-refractivity contribution < 1.29 is 4.74 Å². The fourth-order valence-corrected chi connectivity index (χ4v) is 1.76. The molecule has 0 unspecified atom stereocenters. The van der Waals surface area contributed by atoms with Crippen molar-refractivity contribution in [3.05, 3.63) is 60.2 Å². The summed E-state index contributed by atoms with van der Waals surface area (Å²) in [6.07, 6.45) is 0.977. The molecule has 3 N–H and O–H groups in total. The van der Waals surface area contributed by atoms with Crippen molar-refractivity contribution in [3.63, 3.8) is 0 Å². The van der Waals surface area contributed by atoms with Crippen LogP contribution in [0.3, 0.4) is 0 Å². The molecule has 0 aliphatic heterocycles. The van der Waals surface area contributed by atoms with Crippen LogP contribution in [0, 0.1) is 0 Å². The molecule has 0 spiro atoms. The van der Waals surface area contributed by atoms with Crippen LogP contribution in [0.2, 0.25) is 0 Å². The monoisotopic (exact) mass is 269 g/mol. The third kappa shape index (κ3) is 3.83. The fourth-order valence-electron chi connectivity index (χ4n) is 1.76. The van der Waals surface area contributed by atoms with Crippen LogP contribution in [-0.2, 0) is 0 Å². The number of ether oxygens (including phenoxy) is 1. The highest BCUT2D eigenvalue weighted by Gasteiger charge is 2.04. The maximum Gasteiger partial charge on any atom is 0.148 e. The van der Waals surface area contributed by atoms with Gasteiger partial charge in [-0.25, -0.2) is 10.8 Å². The van der Waals surface area contributed by atoms with Crippen LogP contribution < -0.4 is 16.0 Å². The molecule has 2 aromatic carbocycles. The average Bonchev–Trinajstić information content (AvgIpc) is 2.52. The standard InChI is InChI=1S/C16H19N3O/c1-2-11-20-15-10-6-7-13(12-15)16(19-17)18-14-8-4-3-5-9-14/h3-10,12H,2,11,17H2,1H3,(H,18,19). The van der Waals surface area contributed by atoms with Crippen molar-refractivity contribution in [3.8, 4) is 5.75 Å². The maximum absolute atomic E-state index is 5.62. The highest BCUT2D eigenvalue weighted by molar-refractivity contribution is 6.00. The number of hydrogen-bond acceptors (Lipinski definition) is 3. The van der Waals surface area contributed by atoms with Crippen LogP contribution in [0.25, 0.3) is 0 Å². The summed E-state index contributed by atoms with van der Waals surface area (Å²) in [5.41, 5.74) is 4.39. The van der Waals surface area contributed by atoms with E-state index in [1.807, 2.05) is 54.6 Å². The number of aliphatic imine (C=N–C) groups is 1. The number of nitrogens with two attached hydrogens (primary N) is 1. The molecule has 0 aliphatic carbocycles. The van der Waals surface area contributed by atoms with E-state index >= 15 is 0 Å². The molecule has 4 heteroatoms. The molecule has 2 rings (SSSR count). The minimum Gasteiger partial charge on any atom is -0.494 e. The summed E-state index contributed by atoms with van der Waals surface area (Å²) in [6, 6.07) is 17.4. The van der Waals surface area contributed by atoms with Gasteiger partial charge in [0.2, 0.25) is 0 Å². The molecule has 0 saturated heterocycles. The molecule has 0 saturated carbocycles. The number of hydrazine groups is 1. The number of nitrogens with one attached hydrogen (secondary N) is 1. The number of hydrogen-bond donors (Lipinski definition) is 2. The summed E-state index contributed by atoms with van der Waals surface area (Å²) in [6.45, 7) is 2.78. The summed E-state index contributed by atoms with van der Waals surface area (Å²) in [7, 11) is 0. The highest BCUT2D eigenvalue weighted by Crippen LogP contribution is 2.16. The second kappa shape index (κ2) is 7.31. The first-order chi connectivity index (χ1) is 9.83. The minimum absolute atomic E-state index is 0.609. The number of para-hydroxylation sites is 1. The maximum atomic E-state index is 5.62. The van der Waals surface area contributed by atoms with Gasteiger partial charge in [0.15, 0.2) is 0 Å². The highest BCUT2D eigenvalue weighted by atomic mass is 16.5. The van der Waals surface area contributed by atoms with Crippen LogP contribution in [0.1, 0.15) is 18.9 Å². The smallest absolute Gasteiger partial charge is 0.148 e. The summed E-state index contributed by atoms with van der Waals surface area (Å²) < 4.78 is 5.62. The van der Waals surface area contributed by atoms with Crippen molar-refractivity contribution in [1.29, 1.82) is 0 Å². The predicted octanol–water partition coefficient (Wildman–Crippen LogP) is 3.02. The molecular weight excluding hydrogens is 250 g/mol. The van der Waals surface area contributed by atoms with E-state index in [2.05, 4.69) is 17.3 Å². The van der Waals surface area contributed by atoms with Gasteiger partial charge in [-0.15, -0.1) is 0 Å². The number of nitrogens with zero attached hydrogens (tertiary/aromatic N) is 1. The topological polar surface area (TPSA) is 59.6 Å². The Hall–Kier alpha value is -2.33. The second-order valence-electron chi connectivity index (χ2n) is 4.32. The van der Waals surface area contributed by atoms with E-state index in [0.29, 0.717) is 12.4 Å². The first kappa shape index (κ1) is 14.1. The molecule has 0 bridgehead atoms. The molecule has 0 aromatic heterocycles. The quantitative estimate of drug-likeness (QED) is 0.379. The number of benzene rings is 2. The Labute approximate surface area is 119 Å². The van der Waals surface area contributed by atoms with Crippen molar-refractivity contribution in [2.75, 3.05) is 6.61 Å². The van der Waals surface area contributed by atoms with Gasteiger partial charge in [-0.2, -0.15) is 0 Å². The van der Waals surface area contributed by atoms with Gasteiger partial charge >= 0.3 is 0 Å². The Morgan fingerprint density at radius 2 is 1.95 bits per heavy atom. The molecular formula is C16H19N3O. The molecule has 0 radical (unpaired) electrons. The Morgan fingerprint density at radius 3 is 2.65 bits per heavy atom. The van der Waals surface area contributed by atoms with E-state index in [0.717, 1.165) is 23.4 Å². The SMILES string of the molecule is CCCOc1cccc(C(=Nc2ccccc2)NN)c1. The van der Waals surface area contributed by atoms with E-state index in [1.165, 1.54) is 0 Å². The van der Waals surface area contributed by atoms with Crippen LogP contribution in [0.4, 0.5) is 5.69 Å². The van der Waals surface area contributed by atoms with Gasteiger partial charge < -0.3 is 10.2 Å². The second-order valence-corrected chi connectivity index (χ2v) is 4.32. The first-order valence-electron chi connectivity index (χ1n) is 6.67. The Morgan fingerprint density at radius 1 is 1.15 bits per heavy atom. The van der Waals surface area contributed by atoms with E-state index in [9.17, 15) is 0 Å². The summed E-state index contributed by atoms with van der Waals surface area (Å²) in [5, 5.41) is 0. The average molecular weight is 269 g/mol. The van der Waals surface area contributed by atoms with Gasteiger partial charge in [0.25, 0.3) is 0 Å². The predicted molar refractivity (Wildman–Crippen MR) is 82.2 cm³/mol. The van der Waals surface area contributed by atoms with Crippen molar-refractivity contribution in [1.82, 2.24) is 5.43 Å². The molecule has 0 atom stereocenters. The van der Waals surface area contributed by atoms with Gasteiger partial charge in [0.05, 0.1) is 12.3 Å². The largest absolute Gasteiger partial charge is 0.494 e. The Bertz CT molecular complexity index is 567. The summed E-state index contributed by atoms with van der Waals surface area (Å²) in [5.74, 6) is 7.01. The fraction of sp³-hybridized carbons (Fsp3) is 0.188.